The van der Waals surface area contributed by atoms with Crippen molar-refractivity contribution >= 4 is 22.0 Å². The van der Waals surface area contributed by atoms with E-state index < -0.39 is 16.2 Å². The molecule has 0 radical (unpaired) electrons. The van der Waals surface area contributed by atoms with Gasteiger partial charge in [-0.2, -0.15) is 8.42 Å². The lowest BCUT2D eigenvalue weighted by atomic mass is 9.50. The maximum Gasteiger partial charge on any atom is 0.409 e. The number of fused-ring (bicyclic) bond motifs is 5. The van der Waals surface area contributed by atoms with Crippen molar-refractivity contribution in [2.75, 3.05) is 7.11 Å². The molecule has 0 heterocycles. The van der Waals surface area contributed by atoms with Crippen molar-refractivity contribution in [1.29, 1.82) is 0 Å². The molecule has 3 unspecified atom stereocenters. The van der Waals surface area contributed by atoms with Crippen molar-refractivity contribution in [3.8, 4) is 11.5 Å². The van der Waals surface area contributed by atoms with Gasteiger partial charge in [0.2, 0.25) is 5.91 Å². The number of hydrogen-bond acceptors (Lipinski definition) is 6. The Morgan fingerprint density at radius 1 is 1.17 bits per heavy atom. The van der Waals surface area contributed by atoms with Gasteiger partial charge >= 0.3 is 10.3 Å². The van der Waals surface area contributed by atoms with E-state index >= 15 is 0 Å². The maximum atomic E-state index is 12.7. The van der Waals surface area contributed by atoms with E-state index in [1.165, 1.54) is 12.7 Å². The molecule has 0 bridgehead atoms. The van der Waals surface area contributed by atoms with Crippen molar-refractivity contribution < 1.29 is 26.9 Å². The van der Waals surface area contributed by atoms with E-state index in [1.807, 2.05) is 10.8 Å². The summed E-state index contributed by atoms with van der Waals surface area (Å²) in [5, 5.41) is 0. The molecule has 0 saturated heterocycles. The van der Waals surface area contributed by atoms with Gasteiger partial charge in [-0.3, -0.25) is 9.59 Å². The van der Waals surface area contributed by atoms with Gasteiger partial charge in [0, 0.05) is 18.8 Å². The number of Topliss-reactive ketones (excluding diaryl/α,β-unsaturated/α-hetero) is 1. The molecule has 164 valence electrons. The number of ether oxygens (including phenoxy) is 1. The minimum absolute atomic E-state index is 0.0805. The highest BCUT2D eigenvalue weighted by molar-refractivity contribution is 7.85. The third-order valence-electron chi connectivity index (χ3n) is 7.42. The molecule has 4 rings (SSSR count). The largest absolute Gasteiger partial charge is 0.493 e. The second kappa shape index (κ2) is 7.55. The Labute approximate surface area is 177 Å². The predicted molar refractivity (Wildman–Crippen MR) is 111 cm³/mol. The van der Waals surface area contributed by atoms with Crippen LogP contribution in [0.4, 0.5) is 0 Å². The van der Waals surface area contributed by atoms with E-state index in [4.69, 9.17) is 8.92 Å². The lowest BCUT2D eigenvalue weighted by Gasteiger charge is -2.53. The summed E-state index contributed by atoms with van der Waals surface area (Å²) in [6.07, 6.45) is 6.42. The molecule has 0 aromatic heterocycles. The van der Waals surface area contributed by atoms with Crippen LogP contribution in [0.2, 0.25) is 0 Å². The monoisotopic (exact) mass is 435 g/mol. The average Bonchev–Trinajstić information content (AvgIpc) is 2.66. The molecule has 3 aliphatic carbocycles. The van der Waals surface area contributed by atoms with Crippen LogP contribution in [0.3, 0.4) is 0 Å². The summed E-state index contributed by atoms with van der Waals surface area (Å²) >= 11 is 0. The summed E-state index contributed by atoms with van der Waals surface area (Å²) in [5.41, 5.74) is 2.03. The highest BCUT2D eigenvalue weighted by Gasteiger charge is 2.52. The summed E-state index contributed by atoms with van der Waals surface area (Å²) in [4.78, 5) is 23.8. The smallest absolute Gasteiger partial charge is 0.409 e. The van der Waals surface area contributed by atoms with Crippen LogP contribution in [0.25, 0.3) is 0 Å². The van der Waals surface area contributed by atoms with Gasteiger partial charge in [0.15, 0.2) is 11.5 Å². The van der Waals surface area contributed by atoms with Crippen LogP contribution in [0, 0.1) is 17.3 Å². The normalized spacial score (nSPS) is 30.5. The predicted octanol–water partition coefficient (Wildman–Crippen LogP) is 3.27. The first-order valence-electron chi connectivity index (χ1n) is 10.6. The highest BCUT2D eigenvalue weighted by atomic mass is 32.2. The van der Waals surface area contributed by atoms with Gasteiger partial charge in [0.25, 0.3) is 0 Å². The molecule has 3 aliphatic rings. The van der Waals surface area contributed by atoms with Gasteiger partial charge in [-0.25, -0.2) is 4.72 Å². The molecule has 7 nitrogen and oxygen atoms in total. The zero-order chi connectivity index (χ0) is 21.7. The quantitative estimate of drug-likeness (QED) is 0.779. The highest BCUT2D eigenvalue weighted by Crippen LogP contribution is 2.59. The molecule has 2 saturated carbocycles. The fourth-order valence-electron chi connectivity index (χ4n) is 6.08. The SMILES string of the molecule is COc1cc2c(cc1OS(=O)(=O)NC(C)=O)CCC1C2CC[C@]2(C)C(=O)CCCC12. The molecule has 1 aromatic rings. The summed E-state index contributed by atoms with van der Waals surface area (Å²) in [7, 11) is -2.79. The number of rotatable bonds is 4. The number of methoxy groups -OCH3 is 1. The molecule has 1 aromatic carbocycles. The van der Waals surface area contributed by atoms with Gasteiger partial charge in [-0.15, -0.1) is 0 Å². The number of aryl methyl sites for hydroxylation is 1. The van der Waals surface area contributed by atoms with E-state index in [0.29, 0.717) is 35.7 Å². The van der Waals surface area contributed by atoms with E-state index in [9.17, 15) is 18.0 Å². The first-order valence-corrected chi connectivity index (χ1v) is 12.0. The van der Waals surface area contributed by atoms with E-state index in [1.54, 1.807) is 6.07 Å². The summed E-state index contributed by atoms with van der Waals surface area (Å²) in [6, 6.07) is 3.61. The molecular formula is C22H29NO6S. The fourth-order valence-corrected chi connectivity index (χ4v) is 6.84. The Balaban J connectivity index is 1.66. The second-order valence-corrected chi connectivity index (χ2v) is 10.4. The van der Waals surface area contributed by atoms with Gasteiger partial charge in [0.05, 0.1) is 7.11 Å². The standard InChI is InChI=1S/C22H29NO6S/c1-13(24)23-30(26,27)29-20-11-14-7-8-16-15(17(14)12-19(20)28-3)9-10-22(2)18(16)5-4-6-21(22)25/h11-12,15-16,18H,4-10H2,1-3H3,(H,23,24)/t15?,16?,18?,22-/m0/s1. The molecule has 2 fully saturated rings. The van der Waals surface area contributed by atoms with Gasteiger partial charge < -0.3 is 8.92 Å². The molecular weight excluding hydrogens is 406 g/mol. The maximum absolute atomic E-state index is 12.7. The van der Waals surface area contributed by atoms with E-state index in [0.717, 1.165) is 51.0 Å². The zero-order valence-corrected chi connectivity index (χ0v) is 18.5. The van der Waals surface area contributed by atoms with Gasteiger partial charge in [0.1, 0.15) is 5.78 Å². The topological polar surface area (TPSA) is 98.8 Å². The van der Waals surface area contributed by atoms with Crippen LogP contribution in [0.15, 0.2) is 12.1 Å². The Morgan fingerprint density at radius 2 is 1.93 bits per heavy atom. The van der Waals surface area contributed by atoms with Crippen molar-refractivity contribution in [3.05, 3.63) is 23.3 Å². The molecule has 30 heavy (non-hydrogen) atoms. The van der Waals surface area contributed by atoms with E-state index in [-0.39, 0.29) is 11.2 Å². The number of amides is 1. The summed E-state index contributed by atoms with van der Waals surface area (Å²) in [5.74, 6) is 1.32. The summed E-state index contributed by atoms with van der Waals surface area (Å²) in [6.45, 7) is 3.27. The Hall–Kier alpha value is -2.09. The minimum Gasteiger partial charge on any atom is -0.493 e. The molecule has 8 heteroatoms. The number of ketones is 1. The molecule has 1 N–H and O–H groups in total. The van der Waals surface area contributed by atoms with Crippen LogP contribution in [0.5, 0.6) is 11.5 Å². The Bertz CT molecular complexity index is 988. The zero-order valence-electron chi connectivity index (χ0n) is 17.7. The summed E-state index contributed by atoms with van der Waals surface area (Å²) < 4.78 is 36.5. The van der Waals surface area contributed by atoms with Gasteiger partial charge in [-0.05, 0) is 79.5 Å². The number of hydrogen-bond donors (Lipinski definition) is 1. The minimum atomic E-state index is -4.26. The number of carbonyl (C=O) groups excluding carboxylic acids is 2. The molecule has 4 atom stereocenters. The second-order valence-electron chi connectivity index (χ2n) is 9.08. The van der Waals surface area contributed by atoms with Crippen LogP contribution < -0.4 is 13.6 Å². The Morgan fingerprint density at radius 3 is 2.63 bits per heavy atom. The Kier molecular flexibility index (Phi) is 5.33. The van der Waals surface area contributed by atoms with Crippen molar-refractivity contribution in [2.45, 2.75) is 64.7 Å². The molecule has 1 amide bonds. The third kappa shape index (κ3) is 3.59. The van der Waals surface area contributed by atoms with Crippen molar-refractivity contribution in [2.24, 2.45) is 17.3 Å². The lowest BCUT2D eigenvalue weighted by Crippen LogP contribution is -2.49. The molecule has 0 spiro atoms. The van der Waals surface area contributed by atoms with Crippen LogP contribution in [-0.2, 0) is 26.3 Å². The number of benzene rings is 1. The van der Waals surface area contributed by atoms with Crippen molar-refractivity contribution in [1.82, 2.24) is 4.72 Å². The first kappa shape index (κ1) is 21.2. The van der Waals surface area contributed by atoms with Crippen LogP contribution in [-0.4, -0.2) is 27.2 Å². The molecule has 0 aliphatic heterocycles. The van der Waals surface area contributed by atoms with Crippen LogP contribution >= 0.6 is 0 Å². The first-order chi connectivity index (χ1) is 14.1. The number of nitrogens with one attached hydrogen (secondary N) is 1. The third-order valence-corrected chi connectivity index (χ3v) is 8.36. The van der Waals surface area contributed by atoms with Gasteiger partial charge in [-0.1, -0.05) is 6.92 Å². The average molecular weight is 436 g/mol. The van der Waals surface area contributed by atoms with Crippen LogP contribution in [0.1, 0.15) is 69.4 Å². The van der Waals surface area contributed by atoms with Crippen molar-refractivity contribution in [3.63, 3.8) is 0 Å². The fraction of sp³-hybridized carbons (Fsp3) is 0.636. The van der Waals surface area contributed by atoms with E-state index in [2.05, 4.69) is 6.92 Å². The number of carbonyl (C=O) groups is 2. The lowest BCUT2D eigenvalue weighted by molar-refractivity contribution is -0.140.